The average Bonchev–Trinajstić information content (AvgIpc) is 3.54. The molecule has 0 bridgehead atoms. The Morgan fingerprint density at radius 3 is 2.66 bits per heavy atom. The second kappa shape index (κ2) is 8.71. The van der Waals surface area contributed by atoms with Gasteiger partial charge in [-0.3, -0.25) is 4.90 Å². The van der Waals surface area contributed by atoms with E-state index in [1.807, 2.05) is 67.6 Å². The van der Waals surface area contributed by atoms with E-state index >= 15 is 0 Å². The molecule has 1 N–H and O–H groups in total. The third kappa shape index (κ3) is 3.90. The van der Waals surface area contributed by atoms with Gasteiger partial charge in [0.25, 0.3) is 5.89 Å². The number of aryl methyl sites for hydroxylation is 2. The molecule has 0 saturated carbocycles. The largest absolute Gasteiger partial charge is 0.334 e. The summed E-state index contributed by atoms with van der Waals surface area (Å²) < 4.78 is 5.77. The maximum Gasteiger partial charge on any atom is 0.326 e. The summed E-state index contributed by atoms with van der Waals surface area (Å²) in [5.41, 5.74) is 6.65. The van der Waals surface area contributed by atoms with Gasteiger partial charge < -0.3 is 9.84 Å². The van der Waals surface area contributed by atoms with Gasteiger partial charge in [-0.1, -0.05) is 65.3 Å². The zero-order valence-electron chi connectivity index (χ0n) is 19.2. The van der Waals surface area contributed by atoms with Crippen molar-refractivity contribution >= 4 is 28.9 Å². The fourth-order valence-corrected chi connectivity index (χ4v) is 5.20. The molecule has 1 atom stereocenters. The Kier molecular flexibility index (Phi) is 5.38. The number of aromatic nitrogens is 2. The number of amides is 2. The SMILES string of the molecule is CC1=C(c2nc(-c3ccccc3)no2)C(c2cccc(Cl)c2)NC(=O)N1c1ccc2c(c1)CCC2. The van der Waals surface area contributed by atoms with Crippen LogP contribution in [0.3, 0.4) is 0 Å². The first-order valence-electron chi connectivity index (χ1n) is 11.7. The van der Waals surface area contributed by atoms with Crippen molar-refractivity contribution in [3.63, 3.8) is 0 Å². The maximum absolute atomic E-state index is 13.5. The highest BCUT2D eigenvalue weighted by molar-refractivity contribution is 6.30. The third-order valence-corrected chi connectivity index (χ3v) is 6.93. The summed E-state index contributed by atoms with van der Waals surface area (Å²) in [6.07, 6.45) is 3.26. The molecule has 2 heterocycles. The number of hydrogen-bond donors (Lipinski definition) is 1. The number of carbonyl (C=O) groups excluding carboxylic acids is 1. The first-order chi connectivity index (χ1) is 17.1. The Labute approximate surface area is 208 Å². The van der Waals surface area contributed by atoms with E-state index < -0.39 is 6.04 Å². The van der Waals surface area contributed by atoms with Crippen molar-refractivity contribution in [2.24, 2.45) is 0 Å². The van der Waals surface area contributed by atoms with Crippen LogP contribution in [-0.4, -0.2) is 16.2 Å². The van der Waals surface area contributed by atoms with Gasteiger partial charge in [0.2, 0.25) is 5.82 Å². The highest BCUT2D eigenvalue weighted by Gasteiger charge is 2.37. The van der Waals surface area contributed by atoms with Crippen molar-refractivity contribution < 1.29 is 9.32 Å². The second-order valence-corrected chi connectivity index (χ2v) is 9.30. The standard InChI is InChI=1S/C28H23ClN4O2/c1-17-24(27-31-26(32-35-27)19-7-3-2-4-8-19)25(21-11-6-12-22(29)15-21)30-28(34)33(17)23-14-13-18-9-5-10-20(18)16-23/h2-4,6-8,11-16,25H,5,9-10H2,1H3,(H,30,34). The number of anilines is 1. The van der Waals surface area contributed by atoms with E-state index in [9.17, 15) is 4.79 Å². The summed E-state index contributed by atoms with van der Waals surface area (Å²) in [6.45, 7) is 1.92. The van der Waals surface area contributed by atoms with Gasteiger partial charge in [0.1, 0.15) is 0 Å². The molecule has 3 aromatic carbocycles. The predicted molar refractivity (Wildman–Crippen MR) is 136 cm³/mol. The first kappa shape index (κ1) is 21.6. The zero-order chi connectivity index (χ0) is 23.9. The Morgan fingerprint density at radius 2 is 1.83 bits per heavy atom. The van der Waals surface area contributed by atoms with Gasteiger partial charge in [-0.15, -0.1) is 0 Å². The Bertz CT molecular complexity index is 1460. The minimum absolute atomic E-state index is 0.211. The van der Waals surface area contributed by atoms with Crippen LogP contribution in [-0.2, 0) is 12.8 Å². The summed E-state index contributed by atoms with van der Waals surface area (Å²) in [7, 11) is 0. The highest BCUT2D eigenvalue weighted by Crippen LogP contribution is 2.40. The minimum atomic E-state index is -0.490. The summed E-state index contributed by atoms with van der Waals surface area (Å²) >= 11 is 6.30. The number of nitrogens with zero attached hydrogens (tertiary/aromatic N) is 3. The van der Waals surface area contributed by atoms with Crippen molar-refractivity contribution in [2.45, 2.75) is 32.2 Å². The molecule has 1 aromatic heterocycles. The Hall–Kier alpha value is -3.90. The summed E-state index contributed by atoms with van der Waals surface area (Å²) in [6, 6.07) is 22.7. The summed E-state index contributed by atoms with van der Waals surface area (Å²) in [4.78, 5) is 19.9. The normalized spacial score (nSPS) is 17.5. The van der Waals surface area contributed by atoms with E-state index in [1.165, 1.54) is 11.1 Å². The second-order valence-electron chi connectivity index (χ2n) is 8.87. The molecule has 2 aliphatic rings. The molecule has 1 unspecified atom stereocenters. The van der Waals surface area contributed by atoms with Gasteiger partial charge >= 0.3 is 6.03 Å². The molecule has 4 aromatic rings. The van der Waals surface area contributed by atoms with Gasteiger partial charge in [-0.2, -0.15) is 4.98 Å². The molecular formula is C28H23ClN4O2. The van der Waals surface area contributed by atoms with Crippen LogP contribution in [0.4, 0.5) is 10.5 Å². The number of nitrogens with one attached hydrogen (secondary N) is 1. The topological polar surface area (TPSA) is 71.3 Å². The number of hydrogen-bond acceptors (Lipinski definition) is 4. The maximum atomic E-state index is 13.5. The molecule has 0 saturated heterocycles. The van der Waals surface area contributed by atoms with E-state index in [0.29, 0.717) is 16.7 Å². The number of urea groups is 1. The number of allylic oxidation sites excluding steroid dienone is 1. The monoisotopic (exact) mass is 482 g/mol. The van der Waals surface area contributed by atoms with Crippen LogP contribution in [0.5, 0.6) is 0 Å². The molecule has 1 aliphatic heterocycles. The van der Waals surface area contributed by atoms with Gasteiger partial charge in [0.15, 0.2) is 0 Å². The molecule has 1 aliphatic carbocycles. The van der Waals surface area contributed by atoms with Crippen LogP contribution in [0.25, 0.3) is 17.0 Å². The van der Waals surface area contributed by atoms with Crippen molar-refractivity contribution in [3.8, 4) is 11.4 Å². The van der Waals surface area contributed by atoms with E-state index in [0.717, 1.165) is 47.3 Å². The first-order valence-corrected chi connectivity index (χ1v) is 12.0. The van der Waals surface area contributed by atoms with Gasteiger partial charge in [0.05, 0.1) is 17.3 Å². The number of carbonyl (C=O) groups is 1. The lowest BCUT2D eigenvalue weighted by Gasteiger charge is -2.35. The molecule has 6 rings (SSSR count). The summed E-state index contributed by atoms with van der Waals surface area (Å²) in [5, 5.41) is 7.96. The Balaban J connectivity index is 1.50. The highest BCUT2D eigenvalue weighted by atomic mass is 35.5. The van der Waals surface area contributed by atoms with Gasteiger partial charge in [-0.05, 0) is 67.1 Å². The number of rotatable bonds is 4. The molecule has 174 valence electrons. The van der Waals surface area contributed by atoms with Gasteiger partial charge in [0, 0.05) is 16.3 Å². The number of halogens is 1. The van der Waals surface area contributed by atoms with Crippen LogP contribution >= 0.6 is 11.6 Å². The van der Waals surface area contributed by atoms with Crippen LogP contribution in [0, 0.1) is 0 Å². The van der Waals surface area contributed by atoms with Crippen molar-refractivity contribution in [3.05, 3.63) is 106 Å². The lowest BCUT2D eigenvalue weighted by atomic mass is 9.94. The quantitative estimate of drug-likeness (QED) is 0.356. The average molecular weight is 483 g/mol. The van der Waals surface area contributed by atoms with Gasteiger partial charge in [-0.25, -0.2) is 4.79 Å². The number of benzene rings is 3. The zero-order valence-corrected chi connectivity index (χ0v) is 19.9. The Morgan fingerprint density at radius 1 is 1.00 bits per heavy atom. The van der Waals surface area contributed by atoms with Crippen LogP contribution < -0.4 is 10.2 Å². The minimum Gasteiger partial charge on any atom is -0.334 e. The van der Waals surface area contributed by atoms with E-state index in [-0.39, 0.29) is 6.03 Å². The number of fused-ring (bicyclic) bond motifs is 1. The molecule has 7 heteroatoms. The molecular weight excluding hydrogens is 460 g/mol. The van der Waals surface area contributed by atoms with Crippen LogP contribution in [0.15, 0.2) is 83.0 Å². The lowest BCUT2D eigenvalue weighted by molar-refractivity contribution is 0.244. The fourth-order valence-electron chi connectivity index (χ4n) is 5.00. The van der Waals surface area contributed by atoms with E-state index in [2.05, 4.69) is 22.6 Å². The van der Waals surface area contributed by atoms with Crippen molar-refractivity contribution in [2.75, 3.05) is 4.90 Å². The third-order valence-electron chi connectivity index (χ3n) is 6.70. The van der Waals surface area contributed by atoms with Crippen LogP contribution in [0.1, 0.15) is 42.0 Å². The molecule has 35 heavy (non-hydrogen) atoms. The molecule has 2 amide bonds. The molecule has 0 spiro atoms. The lowest BCUT2D eigenvalue weighted by Crippen LogP contribution is -2.46. The predicted octanol–water partition coefficient (Wildman–Crippen LogP) is 6.58. The van der Waals surface area contributed by atoms with E-state index in [1.54, 1.807) is 4.90 Å². The van der Waals surface area contributed by atoms with Crippen molar-refractivity contribution in [1.82, 2.24) is 15.5 Å². The molecule has 0 fully saturated rings. The van der Waals surface area contributed by atoms with Crippen LogP contribution in [0.2, 0.25) is 5.02 Å². The molecule has 0 radical (unpaired) electrons. The smallest absolute Gasteiger partial charge is 0.326 e. The summed E-state index contributed by atoms with van der Waals surface area (Å²) in [5.74, 6) is 0.851. The fraction of sp³-hybridized carbons (Fsp3) is 0.179. The van der Waals surface area contributed by atoms with E-state index in [4.69, 9.17) is 21.1 Å². The van der Waals surface area contributed by atoms with Crippen molar-refractivity contribution in [1.29, 1.82) is 0 Å². The molecule has 6 nitrogen and oxygen atoms in total.